The van der Waals surface area contributed by atoms with Crippen molar-refractivity contribution in [2.75, 3.05) is 0 Å². The first kappa shape index (κ1) is 18.9. The Bertz CT molecular complexity index is 1350. The summed E-state index contributed by atoms with van der Waals surface area (Å²) >= 11 is 0. The van der Waals surface area contributed by atoms with Crippen LogP contribution in [0.4, 0.5) is 8.78 Å². The van der Waals surface area contributed by atoms with Crippen molar-refractivity contribution in [1.82, 2.24) is 14.5 Å². The van der Waals surface area contributed by atoms with Crippen LogP contribution in [0.2, 0.25) is 0 Å². The van der Waals surface area contributed by atoms with E-state index in [1.54, 1.807) is 18.2 Å². The Balaban J connectivity index is 1.41. The molecule has 0 unspecified atom stereocenters. The third-order valence-corrected chi connectivity index (χ3v) is 5.15. The molecule has 6 heteroatoms. The zero-order chi connectivity index (χ0) is 21.4. The van der Waals surface area contributed by atoms with Gasteiger partial charge in [-0.1, -0.05) is 48.5 Å². The summed E-state index contributed by atoms with van der Waals surface area (Å²) in [4.78, 5) is 8.72. The maximum absolute atomic E-state index is 14.1. The van der Waals surface area contributed by atoms with Crippen LogP contribution in [0.15, 0.2) is 85.2 Å². The van der Waals surface area contributed by atoms with Gasteiger partial charge in [0.1, 0.15) is 11.4 Å². The second-order valence-electron chi connectivity index (χ2n) is 7.25. The molecule has 0 atom stereocenters. The molecule has 3 aromatic carbocycles. The van der Waals surface area contributed by atoms with Crippen LogP contribution >= 0.6 is 0 Å². The number of nitrogens with zero attached hydrogens (tertiary/aromatic N) is 3. The minimum Gasteiger partial charge on any atom is -0.507 e. The minimum absolute atomic E-state index is 0.0440. The van der Waals surface area contributed by atoms with Gasteiger partial charge in [0.05, 0.1) is 11.3 Å². The quantitative estimate of drug-likeness (QED) is 0.408. The van der Waals surface area contributed by atoms with Crippen LogP contribution in [0.5, 0.6) is 5.75 Å². The van der Waals surface area contributed by atoms with Gasteiger partial charge < -0.3 is 9.67 Å². The van der Waals surface area contributed by atoms with Crippen molar-refractivity contribution >= 4 is 0 Å². The van der Waals surface area contributed by atoms with E-state index in [1.165, 1.54) is 12.1 Å². The highest BCUT2D eigenvalue weighted by molar-refractivity contribution is 5.70. The van der Waals surface area contributed by atoms with Gasteiger partial charge in [0.2, 0.25) is 0 Å². The number of hydrogen-bond acceptors (Lipinski definition) is 3. The monoisotopic (exact) mass is 413 g/mol. The minimum atomic E-state index is -0.949. The molecule has 0 aromatic heterocycles. The van der Waals surface area contributed by atoms with Crippen LogP contribution in [0.25, 0.3) is 33.9 Å². The van der Waals surface area contributed by atoms with Crippen molar-refractivity contribution in [3.63, 3.8) is 0 Å². The molecule has 0 saturated heterocycles. The summed E-state index contributed by atoms with van der Waals surface area (Å²) in [5.41, 5.74) is 4.05. The van der Waals surface area contributed by atoms with Gasteiger partial charge in [0.15, 0.2) is 17.5 Å². The fourth-order valence-electron chi connectivity index (χ4n) is 3.57. The molecule has 2 aliphatic heterocycles. The largest absolute Gasteiger partial charge is 0.507 e. The van der Waals surface area contributed by atoms with E-state index in [0.717, 1.165) is 22.8 Å². The topological polar surface area (TPSA) is 50.9 Å². The Kier molecular flexibility index (Phi) is 4.67. The Morgan fingerprint density at radius 3 is 2.32 bits per heavy atom. The van der Waals surface area contributed by atoms with Gasteiger partial charge in [-0.2, -0.15) is 0 Å². The molecule has 0 aliphatic carbocycles. The summed E-state index contributed by atoms with van der Waals surface area (Å²) in [5, 5.41) is 10.0. The number of para-hydroxylation sites is 1. The number of aromatic hydroxyl groups is 1. The molecule has 1 N–H and O–H groups in total. The Morgan fingerprint density at radius 1 is 0.774 bits per heavy atom. The van der Waals surface area contributed by atoms with Crippen LogP contribution in [-0.2, 0) is 6.54 Å². The van der Waals surface area contributed by atoms with Gasteiger partial charge in [-0.15, -0.1) is 0 Å². The van der Waals surface area contributed by atoms with E-state index in [0.29, 0.717) is 17.9 Å². The fourth-order valence-corrected chi connectivity index (χ4v) is 3.57. The number of pyridine rings is 1. The predicted octanol–water partition coefficient (Wildman–Crippen LogP) is 5.75. The first-order valence-electron chi connectivity index (χ1n) is 9.74. The van der Waals surface area contributed by atoms with E-state index in [9.17, 15) is 13.9 Å². The van der Waals surface area contributed by atoms with Gasteiger partial charge in [0.25, 0.3) is 0 Å². The molecule has 2 heterocycles. The third-order valence-electron chi connectivity index (χ3n) is 5.15. The lowest BCUT2D eigenvalue weighted by Crippen LogP contribution is -2.00. The molecule has 2 aliphatic rings. The number of imidazole rings is 1. The standard InChI is InChI=1S/C25H17F2N3O/c26-20-6-3-5-19(24(20)27)25-28-21-12-13-30(15-22(21)29-25)14-16-8-10-17(11-9-16)18-4-1-2-7-23(18)31/h1-13,15,31H,14H2. The molecule has 5 rings (SSSR count). The lowest BCUT2D eigenvalue weighted by atomic mass is 10.0. The van der Waals surface area contributed by atoms with E-state index in [2.05, 4.69) is 9.97 Å². The summed E-state index contributed by atoms with van der Waals surface area (Å²) in [6.45, 7) is 0.605. The molecule has 4 nitrogen and oxygen atoms in total. The number of benzene rings is 3. The Labute approximate surface area is 177 Å². The maximum atomic E-state index is 14.1. The van der Waals surface area contributed by atoms with Crippen LogP contribution in [0.3, 0.4) is 0 Å². The molecule has 0 bridgehead atoms. The second kappa shape index (κ2) is 7.65. The maximum Gasteiger partial charge on any atom is 0.169 e. The number of halogens is 2. The second-order valence-corrected chi connectivity index (χ2v) is 7.25. The van der Waals surface area contributed by atoms with E-state index in [4.69, 9.17) is 0 Å². The number of rotatable bonds is 4. The summed E-state index contributed by atoms with van der Waals surface area (Å²) in [6, 6.07) is 20.9. The first-order valence-corrected chi connectivity index (χ1v) is 9.74. The predicted molar refractivity (Wildman–Crippen MR) is 115 cm³/mol. The van der Waals surface area contributed by atoms with Crippen LogP contribution in [-0.4, -0.2) is 19.6 Å². The molecule has 0 fully saturated rings. The third kappa shape index (κ3) is 3.64. The van der Waals surface area contributed by atoms with Gasteiger partial charge in [-0.25, -0.2) is 18.7 Å². The van der Waals surface area contributed by atoms with E-state index in [1.807, 2.05) is 53.4 Å². The molecule has 3 aromatic rings. The average molecular weight is 413 g/mol. The fraction of sp³-hybridized carbons (Fsp3) is 0.0400. The first-order chi connectivity index (χ1) is 15.1. The molecule has 0 amide bonds. The highest BCUT2D eigenvalue weighted by Crippen LogP contribution is 2.29. The molecular weight excluding hydrogens is 396 g/mol. The lowest BCUT2D eigenvalue weighted by molar-refractivity contribution is 0.477. The van der Waals surface area contributed by atoms with Crippen molar-refractivity contribution in [2.24, 2.45) is 0 Å². The van der Waals surface area contributed by atoms with Gasteiger partial charge >= 0.3 is 0 Å². The molecule has 31 heavy (non-hydrogen) atoms. The normalized spacial score (nSPS) is 11.2. The van der Waals surface area contributed by atoms with E-state index in [-0.39, 0.29) is 17.1 Å². The summed E-state index contributed by atoms with van der Waals surface area (Å²) < 4.78 is 29.6. The summed E-state index contributed by atoms with van der Waals surface area (Å²) in [6.07, 6.45) is 3.71. The van der Waals surface area contributed by atoms with Crippen molar-refractivity contribution in [2.45, 2.75) is 6.54 Å². The van der Waals surface area contributed by atoms with Crippen LogP contribution < -0.4 is 0 Å². The molecule has 152 valence electrons. The van der Waals surface area contributed by atoms with Crippen molar-refractivity contribution < 1.29 is 13.9 Å². The molecule has 0 radical (unpaired) electrons. The number of phenolic OH excluding ortho intramolecular Hbond substituents is 1. The van der Waals surface area contributed by atoms with Crippen molar-refractivity contribution in [3.8, 4) is 39.7 Å². The highest BCUT2D eigenvalue weighted by atomic mass is 19.2. The number of hydrogen-bond donors (Lipinski definition) is 1. The number of aromatic nitrogens is 3. The summed E-state index contributed by atoms with van der Waals surface area (Å²) in [5.74, 6) is -1.46. The summed E-state index contributed by atoms with van der Waals surface area (Å²) in [7, 11) is 0. The lowest BCUT2D eigenvalue weighted by Gasteiger charge is -2.09. The Hall–Kier alpha value is -4.06. The van der Waals surface area contributed by atoms with Gasteiger partial charge in [-0.05, 0) is 35.4 Å². The Morgan fingerprint density at radius 2 is 1.52 bits per heavy atom. The van der Waals surface area contributed by atoms with Crippen LogP contribution in [0.1, 0.15) is 5.56 Å². The smallest absolute Gasteiger partial charge is 0.169 e. The van der Waals surface area contributed by atoms with Gasteiger partial charge in [-0.3, -0.25) is 0 Å². The zero-order valence-electron chi connectivity index (χ0n) is 16.3. The highest BCUT2D eigenvalue weighted by Gasteiger charge is 2.17. The van der Waals surface area contributed by atoms with E-state index < -0.39 is 11.6 Å². The van der Waals surface area contributed by atoms with Crippen molar-refractivity contribution in [1.29, 1.82) is 0 Å². The number of fused-ring (bicyclic) bond motifs is 1. The average Bonchev–Trinajstić information content (AvgIpc) is 3.20. The zero-order valence-corrected chi connectivity index (χ0v) is 16.3. The van der Waals surface area contributed by atoms with Gasteiger partial charge in [0, 0.05) is 24.5 Å². The van der Waals surface area contributed by atoms with Crippen LogP contribution in [0, 0.1) is 11.6 Å². The molecule has 0 spiro atoms. The molecule has 0 saturated carbocycles. The SMILES string of the molecule is Oc1ccccc1-c1ccc(Cn2ccc3nc(-c4cccc(F)c4F)nc-3c2)cc1. The molecular formula is C25H17F2N3O. The number of phenols is 1. The van der Waals surface area contributed by atoms with Crippen molar-refractivity contribution in [3.05, 3.63) is 102 Å². The van der Waals surface area contributed by atoms with E-state index >= 15 is 0 Å².